The van der Waals surface area contributed by atoms with Gasteiger partial charge in [0.25, 0.3) is 0 Å². The van der Waals surface area contributed by atoms with Crippen molar-refractivity contribution in [2.45, 2.75) is 26.4 Å². The number of aryl methyl sites for hydroxylation is 1. The van der Waals surface area contributed by atoms with Gasteiger partial charge in [0.1, 0.15) is 5.82 Å². The fourth-order valence-electron chi connectivity index (χ4n) is 4.06. The van der Waals surface area contributed by atoms with E-state index in [-0.39, 0.29) is 11.9 Å². The van der Waals surface area contributed by atoms with Crippen LogP contribution in [0.2, 0.25) is 0 Å². The third-order valence-corrected chi connectivity index (χ3v) is 5.97. The van der Waals surface area contributed by atoms with Crippen LogP contribution in [0, 0.1) is 12.7 Å². The van der Waals surface area contributed by atoms with E-state index in [1.165, 1.54) is 17.7 Å². The van der Waals surface area contributed by atoms with Crippen molar-refractivity contribution in [1.82, 2.24) is 19.5 Å². The average molecular weight is 464 g/mol. The van der Waals surface area contributed by atoms with Gasteiger partial charge >= 0.3 is 0 Å². The Bertz CT molecular complexity index is 1410. The second kappa shape index (κ2) is 9.89. The third-order valence-electron chi connectivity index (χ3n) is 5.97. The molecule has 5 aromatic rings. The fraction of sp³-hybridized carbons (Fsp3) is 0.138. The van der Waals surface area contributed by atoms with Gasteiger partial charge in [0, 0.05) is 18.3 Å². The Morgan fingerprint density at radius 1 is 0.886 bits per heavy atom. The zero-order chi connectivity index (χ0) is 24.2. The molecule has 0 aliphatic rings. The number of halogens is 1. The van der Waals surface area contributed by atoms with E-state index in [2.05, 4.69) is 65.1 Å². The van der Waals surface area contributed by atoms with Crippen LogP contribution in [0.15, 0.2) is 97.5 Å². The second-order valence-electron chi connectivity index (χ2n) is 8.60. The highest BCUT2D eigenvalue weighted by Gasteiger charge is 2.18. The molecule has 35 heavy (non-hydrogen) atoms. The van der Waals surface area contributed by atoms with E-state index in [0.29, 0.717) is 12.5 Å². The van der Waals surface area contributed by atoms with E-state index in [4.69, 9.17) is 9.97 Å². The fourth-order valence-corrected chi connectivity index (χ4v) is 4.06. The van der Waals surface area contributed by atoms with Crippen molar-refractivity contribution in [2.75, 3.05) is 5.32 Å². The number of benzene rings is 3. The van der Waals surface area contributed by atoms with Crippen LogP contribution in [0.25, 0.3) is 22.6 Å². The first-order chi connectivity index (χ1) is 17.1. The molecule has 1 atom stereocenters. The van der Waals surface area contributed by atoms with Gasteiger partial charge in [0.15, 0.2) is 0 Å². The van der Waals surface area contributed by atoms with Crippen LogP contribution in [-0.4, -0.2) is 19.5 Å². The minimum Gasteiger partial charge on any atom is -0.348 e. The second-order valence-corrected chi connectivity index (χ2v) is 8.60. The minimum absolute atomic E-state index is 0.0421. The lowest BCUT2D eigenvalue weighted by Crippen LogP contribution is -2.10. The smallest absolute Gasteiger partial charge is 0.223 e. The van der Waals surface area contributed by atoms with Crippen LogP contribution in [-0.2, 0) is 6.54 Å². The van der Waals surface area contributed by atoms with Gasteiger partial charge in [-0.3, -0.25) is 0 Å². The molecule has 3 aromatic carbocycles. The summed E-state index contributed by atoms with van der Waals surface area (Å²) in [4.78, 5) is 14.0. The van der Waals surface area contributed by atoms with Crippen LogP contribution in [0.4, 0.5) is 10.3 Å². The predicted octanol–water partition coefficient (Wildman–Crippen LogP) is 6.68. The summed E-state index contributed by atoms with van der Waals surface area (Å²) in [5.41, 5.74) is 6.70. The van der Waals surface area contributed by atoms with Gasteiger partial charge in [-0.1, -0.05) is 60.2 Å². The lowest BCUT2D eigenvalue weighted by molar-refractivity contribution is 0.628. The maximum atomic E-state index is 13.6. The van der Waals surface area contributed by atoms with E-state index in [1.54, 1.807) is 18.3 Å². The number of aromatic nitrogens is 4. The molecule has 0 saturated carbocycles. The van der Waals surface area contributed by atoms with Crippen molar-refractivity contribution in [3.8, 4) is 22.6 Å². The number of nitrogens with one attached hydrogen (secondary N) is 1. The molecule has 0 bridgehead atoms. The molecule has 0 radical (unpaired) electrons. The summed E-state index contributed by atoms with van der Waals surface area (Å²) in [6.07, 6.45) is 3.57. The number of rotatable bonds is 7. The monoisotopic (exact) mass is 463 g/mol. The highest BCUT2D eigenvalue weighted by atomic mass is 19.1. The molecule has 5 nitrogen and oxygen atoms in total. The van der Waals surface area contributed by atoms with Crippen LogP contribution in [0.3, 0.4) is 0 Å². The number of nitrogens with zero attached hydrogens (tertiary/aromatic N) is 4. The molecule has 2 heterocycles. The van der Waals surface area contributed by atoms with Crippen LogP contribution >= 0.6 is 0 Å². The summed E-state index contributed by atoms with van der Waals surface area (Å²) in [7, 11) is 0. The molecule has 6 heteroatoms. The van der Waals surface area contributed by atoms with Crippen LogP contribution in [0.5, 0.6) is 0 Å². The van der Waals surface area contributed by atoms with Gasteiger partial charge in [0.2, 0.25) is 5.95 Å². The Kier molecular flexibility index (Phi) is 6.35. The van der Waals surface area contributed by atoms with Gasteiger partial charge in [-0.25, -0.2) is 19.3 Å². The molecule has 174 valence electrons. The zero-order valence-corrected chi connectivity index (χ0v) is 19.7. The molecule has 0 fully saturated rings. The third kappa shape index (κ3) is 5.11. The summed E-state index contributed by atoms with van der Waals surface area (Å²) in [6, 6.07) is 26.9. The summed E-state index contributed by atoms with van der Waals surface area (Å²) >= 11 is 0. The molecular formula is C29H26FN5. The van der Waals surface area contributed by atoms with Gasteiger partial charge in [-0.2, -0.15) is 0 Å². The van der Waals surface area contributed by atoms with Gasteiger partial charge < -0.3 is 9.88 Å². The Labute approximate surface area is 204 Å². The van der Waals surface area contributed by atoms with E-state index in [1.807, 2.05) is 30.6 Å². The van der Waals surface area contributed by atoms with Crippen molar-refractivity contribution in [1.29, 1.82) is 0 Å². The van der Waals surface area contributed by atoms with Crippen molar-refractivity contribution in [2.24, 2.45) is 0 Å². The molecule has 0 unspecified atom stereocenters. The maximum absolute atomic E-state index is 13.6. The van der Waals surface area contributed by atoms with Crippen molar-refractivity contribution < 1.29 is 4.39 Å². The normalized spacial score (nSPS) is 11.9. The first kappa shape index (κ1) is 22.5. The quantitative estimate of drug-likeness (QED) is 0.293. The first-order valence-electron chi connectivity index (χ1n) is 11.6. The standard InChI is InChI=1S/C29H26FN5/c1-20-8-10-22(11-9-20)18-35-19-32-27(24-12-14-25(30)15-13-24)28(35)26-16-17-31-29(34-26)33-21(2)23-6-4-3-5-7-23/h3-17,19,21H,18H2,1-2H3,(H,31,33,34)/t21-/m0/s1. The van der Waals surface area contributed by atoms with E-state index in [9.17, 15) is 4.39 Å². The minimum atomic E-state index is -0.280. The van der Waals surface area contributed by atoms with E-state index in [0.717, 1.165) is 33.8 Å². The van der Waals surface area contributed by atoms with Crippen molar-refractivity contribution in [3.63, 3.8) is 0 Å². The number of hydrogen-bond donors (Lipinski definition) is 1. The van der Waals surface area contributed by atoms with Gasteiger partial charge in [-0.15, -0.1) is 0 Å². The maximum Gasteiger partial charge on any atom is 0.223 e. The van der Waals surface area contributed by atoms with Crippen LogP contribution < -0.4 is 5.32 Å². The molecule has 0 aliphatic heterocycles. The van der Waals surface area contributed by atoms with E-state index < -0.39 is 0 Å². The van der Waals surface area contributed by atoms with Gasteiger partial charge in [-0.05, 0) is 55.3 Å². The number of anilines is 1. The molecule has 0 amide bonds. The number of hydrogen-bond acceptors (Lipinski definition) is 4. The van der Waals surface area contributed by atoms with Crippen molar-refractivity contribution >= 4 is 5.95 Å². The lowest BCUT2D eigenvalue weighted by atomic mass is 10.1. The number of imidazole rings is 1. The molecule has 0 aliphatic carbocycles. The highest BCUT2D eigenvalue weighted by molar-refractivity contribution is 5.77. The zero-order valence-electron chi connectivity index (χ0n) is 19.7. The summed E-state index contributed by atoms with van der Waals surface area (Å²) in [5.74, 6) is 0.254. The lowest BCUT2D eigenvalue weighted by Gasteiger charge is -2.15. The highest BCUT2D eigenvalue weighted by Crippen LogP contribution is 2.31. The average Bonchev–Trinajstić information content (AvgIpc) is 3.30. The Morgan fingerprint density at radius 3 is 2.37 bits per heavy atom. The summed E-state index contributed by atoms with van der Waals surface area (Å²) in [5, 5.41) is 3.40. The molecule has 1 N–H and O–H groups in total. The SMILES string of the molecule is Cc1ccc(Cn2cnc(-c3ccc(F)cc3)c2-c2ccnc(N[C@@H](C)c3ccccc3)n2)cc1. The molecule has 0 spiro atoms. The summed E-state index contributed by atoms with van der Waals surface area (Å²) < 4.78 is 15.7. The van der Waals surface area contributed by atoms with Crippen molar-refractivity contribution in [3.05, 3.63) is 120 Å². The Hall–Kier alpha value is -4.32. The summed E-state index contributed by atoms with van der Waals surface area (Å²) in [6.45, 7) is 4.79. The topological polar surface area (TPSA) is 55.6 Å². The predicted molar refractivity (Wildman–Crippen MR) is 137 cm³/mol. The Balaban J connectivity index is 1.54. The van der Waals surface area contributed by atoms with Crippen LogP contribution in [0.1, 0.15) is 29.7 Å². The molecule has 0 saturated heterocycles. The molecule has 5 rings (SSSR count). The Morgan fingerprint density at radius 2 is 1.63 bits per heavy atom. The van der Waals surface area contributed by atoms with Gasteiger partial charge in [0.05, 0.1) is 29.5 Å². The van der Waals surface area contributed by atoms with E-state index >= 15 is 0 Å². The largest absolute Gasteiger partial charge is 0.348 e. The molecule has 2 aromatic heterocycles. The molecular weight excluding hydrogens is 437 g/mol. The first-order valence-corrected chi connectivity index (χ1v) is 11.6.